The van der Waals surface area contributed by atoms with E-state index in [4.69, 9.17) is 16.1 Å². The second kappa shape index (κ2) is 7.42. The highest BCUT2D eigenvalue weighted by Crippen LogP contribution is 2.23. The van der Waals surface area contributed by atoms with Crippen LogP contribution in [-0.2, 0) is 17.8 Å². The summed E-state index contributed by atoms with van der Waals surface area (Å²) in [6.45, 7) is 5.99. The van der Waals surface area contributed by atoms with Crippen molar-refractivity contribution in [1.82, 2.24) is 19.9 Å². The summed E-state index contributed by atoms with van der Waals surface area (Å²) in [5, 5.41) is 3.73. The largest absolute Gasteiger partial charge is 0.340 e. The van der Waals surface area contributed by atoms with Gasteiger partial charge < -0.3 is 9.42 Å². The highest BCUT2D eigenvalue weighted by atomic mass is 35.5. The molecule has 0 N–H and O–H groups in total. The molecule has 0 atom stereocenters. The lowest BCUT2D eigenvalue weighted by Gasteiger charge is -2.34. The van der Waals surface area contributed by atoms with E-state index >= 15 is 0 Å². The van der Waals surface area contributed by atoms with E-state index in [0.717, 1.165) is 37.1 Å². The number of halogens is 1. The Labute approximate surface area is 144 Å². The van der Waals surface area contributed by atoms with E-state index in [0.29, 0.717) is 24.6 Å². The van der Waals surface area contributed by atoms with Crippen molar-refractivity contribution in [2.45, 2.75) is 26.3 Å². The van der Waals surface area contributed by atoms with Gasteiger partial charge in [-0.2, -0.15) is 4.98 Å². The first-order valence-corrected chi connectivity index (χ1v) is 8.83. The zero-order chi connectivity index (χ0) is 16.2. The Bertz CT molecular complexity index is 664. The molecule has 0 unspecified atom stereocenters. The normalized spacial score (nSPS) is 16.0. The van der Waals surface area contributed by atoms with Gasteiger partial charge in [0, 0.05) is 50.4 Å². The number of aryl methyl sites for hydroxylation is 2. The topological polar surface area (TPSA) is 62.5 Å². The summed E-state index contributed by atoms with van der Waals surface area (Å²) in [4.78, 5) is 21.9. The van der Waals surface area contributed by atoms with Gasteiger partial charge in [0.2, 0.25) is 11.8 Å². The fraction of sp³-hybridized carbons (Fsp3) is 0.533. The smallest absolute Gasteiger partial charge is 0.227 e. The minimum atomic E-state index is 0.152. The fourth-order valence-electron chi connectivity index (χ4n) is 2.63. The molecule has 0 aromatic carbocycles. The SMILES string of the molecule is Cc1noc(CCC(=O)N2CCN(Cc3ccc(Cl)s3)CC2)n1. The lowest BCUT2D eigenvalue weighted by molar-refractivity contribution is -0.133. The minimum absolute atomic E-state index is 0.152. The van der Waals surface area contributed by atoms with Crippen molar-refractivity contribution in [2.24, 2.45) is 0 Å². The average molecular weight is 355 g/mol. The van der Waals surface area contributed by atoms with Crippen molar-refractivity contribution in [3.05, 3.63) is 33.1 Å². The average Bonchev–Trinajstić information content (AvgIpc) is 3.14. The maximum absolute atomic E-state index is 12.2. The molecule has 1 amide bonds. The predicted molar refractivity (Wildman–Crippen MR) is 88.5 cm³/mol. The van der Waals surface area contributed by atoms with Crippen LogP contribution in [0.5, 0.6) is 0 Å². The molecule has 1 aliphatic heterocycles. The van der Waals surface area contributed by atoms with Gasteiger partial charge in [-0.3, -0.25) is 9.69 Å². The highest BCUT2D eigenvalue weighted by Gasteiger charge is 2.21. The summed E-state index contributed by atoms with van der Waals surface area (Å²) >= 11 is 7.58. The molecule has 23 heavy (non-hydrogen) atoms. The number of piperazine rings is 1. The van der Waals surface area contributed by atoms with E-state index in [1.807, 2.05) is 11.0 Å². The molecule has 1 saturated heterocycles. The van der Waals surface area contributed by atoms with Crippen LogP contribution < -0.4 is 0 Å². The van der Waals surface area contributed by atoms with E-state index in [2.05, 4.69) is 21.1 Å². The summed E-state index contributed by atoms with van der Waals surface area (Å²) in [6.07, 6.45) is 0.926. The number of carbonyl (C=O) groups is 1. The lowest BCUT2D eigenvalue weighted by Crippen LogP contribution is -2.48. The van der Waals surface area contributed by atoms with E-state index in [-0.39, 0.29) is 5.91 Å². The van der Waals surface area contributed by atoms with Gasteiger partial charge in [0.1, 0.15) is 0 Å². The van der Waals surface area contributed by atoms with Crippen LogP contribution in [0.4, 0.5) is 0 Å². The van der Waals surface area contributed by atoms with Crippen LogP contribution in [0.1, 0.15) is 23.0 Å². The van der Waals surface area contributed by atoms with Gasteiger partial charge in [0.05, 0.1) is 4.34 Å². The molecule has 0 spiro atoms. The summed E-state index contributed by atoms with van der Waals surface area (Å²) in [7, 11) is 0. The molecule has 2 aromatic rings. The fourth-order valence-corrected chi connectivity index (χ4v) is 3.76. The summed E-state index contributed by atoms with van der Waals surface area (Å²) in [5.41, 5.74) is 0. The Morgan fingerprint density at radius 3 is 2.74 bits per heavy atom. The Hall–Kier alpha value is -1.44. The first kappa shape index (κ1) is 16.4. The van der Waals surface area contributed by atoms with Crippen molar-refractivity contribution in [2.75, 3.05) is 26.2 Å². The van der Waals surface area contributed by atoms with Crippen LogP contribution in [0.3, 0.4) is 0 Å². The van der Waals surface area contributed by atoms with Crippen LogP contribution in [0.2, 0.25) is 4.34 Å². The monoisotopic (exact) mass is 354 g/mol. The van der Waals surface area contributed by atoms with E-state index in [9.17, 15) is 4.79 Å². The Morgan fingerprint density at radius 1 is 1.35 bits per heavy atom. The third-order valence-electron chi connectivity index (χ3n) is 3.86. The van der Waals surface area contributed by atoms with Crippen molar-refractivity contribution >= 4 is 28.8 Å². The minimum Gasteiger partial charge on any atom is -0.340 e. The molecule has 3 heterocycles. The Morgan fingerprint density at radius 2 is 2.13 bits per heavy atom. The Kier molecular flexibility index (Phi) is 5.30. The zero-order valence-corrected chi connectivity index (χ0v) is 14.6. The number of rotatable bonds is 5. The number of hydrogen-bond donors (Lipinski definition) is 0. The van der Waals surface area contributed by atoms with E-state index in [1.165, 1.54) is 4.88 Å². The molecule has 0 radical (unpaired) electrons. The standard InChI is InChI=1S/C15H19ClN4O2S/c1-11-17-14(22-18-11)4-5-15(21)20-8-6-19(7-9-20)10-12-2-3-13(16)23-12/h2-3H,4-10H2,1H3. The molecule has 0 aliphatic carbocycles. The van der Waals surface area contributed by atoms with Gasteiger partial charge >= 0.3 is 0 Å². The first-order valence-electron chi connectivity index (χ1n) is 7.63. The third-order valence-corrected chi connectivity index (χ3v) is 5.07. The van der Waals surface area contributed by atoms with E-state index in [1.54, 1.807) is 18.3 Å². The summed E-state index contributed by atoms with van der Waals surface area (Å²) in [5.74, 6) is 1.29. The molecule has 124 valence electrons. The first-order chi connectivity index (χ1) is 11.1. The maximum atomic E-state index is 12.2. The predicted octanol–water partition coefficient (Wildman–Crippen LogP) is 2.37. The van der Waals surface area contributed by atoms with Gasteiger partial charge in [-0.25, -0.2) is 0 Å². The maximum Gasteiger partial charge on any atom is 0.227 e. The second-order valence-electron chi connectivity index (χ2n) is 5.60. The van der Waals surface area contributed by atoms with Crippen molar-refractivity contribution < 1.29 is 9.32 Å². The number of aromatic nitrogens is 2. The molecule has 1 aliphatic rings. The number of amides is 1. The molecule has 3 rings (SSSR count). The summed E-state index contributed by atoms with van der Waals surface area (Å²) < 4.78 is 5.86. The number of hydrogen-bond acceptors (Lipinski definition) is 6. The molecular formula is C15H19ClN4O2S. The molecule has 0 saturated carbocycles. The molecule has 0 bridgehead atoms. The third kappa shape index (κ3) is 4.53. The van der Waals surface area contributed by atoms with Crippen LogP contribution in [-0.4, -0.2) is 52.0 Å². The number of thiophene rings is 1. The molecule has 6 nitrogen and oxygen atoms in total. The summed E-state index contributed by atoms with van der Waals surface area (Å²) in [6, 6.07) is 4.00. The van der Waals surface area contributed by atoms with Crippen LogP contribution in [0, 0.1) is 6.92 Å². The van der Waals surface area contributed by atoms with Gasteiger partial charge in [-0.05, 0) is 19.1 Å². The van der Waals surface area contributed by atoms with Crippen molar-refractivity contribution in [3.63, 3.8) is 0 Å². The van der Waals surface area contributed by atoms with Crippen LogP contribution in [0.15, 0.2) is 16.7 Å². The van der Waals surface area contributed by atoms with E-state index < -0.39 is 0 Å². The van der Waals surface area contributed by atoms with Gasteiger partial charge in [-0.15, -0.1) is 11.3 Å². The van der Waals surface area contributed by atoms with Crippen LogP contribution >= 0.6 is 22.9 Å². The van der Waals surface area contributed by atoms with Gasteiger partial charge in [-0.1, -0.05) is 16.8 Å². The second-order valence-corrected chi connectivity index (χ2v) is 7.40. The molecular weight excluding hydrogens is 336 g/mol. The van der Waals surface area contributed by atoms with Gasteiger partial charge in [0.15, 0.2) is 5.82 Å². The Balaban J connectivity index is 1.42. The lowest BCUT2D eigenvalue weighted by atomic mass is 10.2. The molecule has 8 heteroatoms. The number of nitrogens with zero attached hydrogens (tertiary/aromatic N) is 4. The highest BCUT2D eigenvalue weighted by molar-refractivity contribution is 7.16. The number of carbonyl (C=O) groups excluding carboxylic acids is 1. The van der Waals surface area contributed by atoms with Crippen LogP contribution in [0.25, 0.3) is 0 Å². The molecule has 1 fully saturated rings. The quantitative estimate of drug-likeness (QED) is 0.824. The van der Waals surface area contributed by atoms with Gasteiger partial charge in [0.25, 0.3) is 0 Å². The zero-order valence-electron chi connectivity index (χ0n) is 13.0. The van der Waals surface area contributed by atoms with Crippen molar-refractivity contribution in [3.8, 4) is 0 Å². The van der Waals surface area contributed by atoms with Crippen molar-refractivity contribution in [1.29, 1.82) is 0 Å². The molecule has 2 aromatic heterocycles.